The molecule has 16 heteroatoms. The van der Waals surface area contributed by atoms with Crippen molar-refractivity contribution in [2.75, 3.05) is 0 Å². The zero-order valence-electron chi connectivity index (χ0n) is 66.2. The van der Waals surface area contributed by atoms with Gasteiger partial charge in [-0.25, -0.2) is 38.7 Å². The van der Waals surface area contributed by atoms with E-state index in [1.807, 2.05) is 177 Å². The highest BCUT2D eigenvalue weighted by atomic mass is 17.2. The van der Waals surface area contributed by atoms with E-state index in [0.717, 1.165) is 22.3 Å². The molecule has 0 amide bonds. The maximum atomic E-state index is 16.8. The number of hydrogen-bond acceptors (Lipinski definition) is 16. The van der Waals surface area contributed by atoms with Gasteiger partial charge in [-0.05, 0) is 201 Å². The van der Waals surface area contributed by atoms with Gasteiger partial charge in [-0.3, -0.25) is 19.2 Å². The SMILES string of the molecule is CC(CC(C(=O)OC(C)(C)C)[C@H]1C(=O)OOC(=O)[C@@H](C(CC(C)c2ccccc2)C(=O)OC(C)(C)C)C(c2ccccc2)CC(C(=O)OC(C)(C)C)[C@@H](CC(c2ccccc2)C(C)(C)C)C(=O)OOC(=O)[C@@H](C[C@H](c2ccccc2)C(C)(C)C)C(C(=O)OC(C)(C)C)CC1c1ccccc1)c1ccccc1. The number of carbonyl (C=O) groups excluding carboxylic acids is 8. The Kier molecular flexibility index (Phi) is 28.7. The summed E-state index contributed by atoms with van der Waals surface area (Å²) >= 11 is 0. The van der Waals surface area contributed by atoms with Crippen molar-refractivity contribution in [3.63, 3.8) is 0 Å². The molecule has 9 unspecified atom stereocenters. The fourth-order valence-electron chi connectivity index (χ4n) is 15.0. The number of ether oxygens (including phenoxy) is 4. The summed E-state index contributed by atoms with van der Waals surface area (Å²) in [6.45, 7) is 36.2. The monoisotopic (exact) mass is 1450 g/mol. The van der Waals surface area contributed by atoms with E-state index in [9.17, 15) is 0 Å². The first-order valence-corrected chi connectivity index (χ1v) is 37.6. The first-order chi connectivity index (χ1) is 49.5. The topological polar surface area (TPSA) is 210 Å². The van der Waals surface area contributed by atoms with Crippen LogP contribution in [0.3, 0.4) is 0 Å². The summed E-state index contributed by atoms with van der Waals surface area (Å²) in [5.41, 5.74) is -2.02. The quantitative estimate of drug-likeness (QED) is 0.0395. The van der Waals surface area contributed by atoms with Gasteiger partial charge in [0.15, 0.2) is 0 Å². The van der Waals surface area contributed by atoms with E-state index in [1.165, 1.54) is 0 Å². The summed E-state index contributed by atoms with van der Waals surface area (Å²) in [6.07, 6.45) is -1.38. The van der Waals surface area contributed by atoms with E-state index < -0.39 is 177 Å². The summed E-state index contributed by atoms with van der Waals surface area (Å²) in [4.78, 5) is 155. The van der Waals surface area contributed by atoms with Crippen molar-refractivity contribution >= 4 is 47.8 Å². The van der Waals surface area contributed by atoms with Crippen LogP contribution in [-0.2, 0) is 76.9 Å². The van der Waals surface area contributed by atoms with Gasteiger partial charge < -0.3 is 18.9 Å². The Morgan fingerprint density at radius 2 is 0.594 bits per heavy atom. The molecule has 1 saturated heterocycles. The number of carbonyl (C=O) groups is 8. The minimum absolute atomic E-state index is 0.0844. The predicted molar refractivity (Wildman–Crippen MR) is 409 cm³/mol. The van der Waals surface area contributed by atoms with Gasteiger partial charge in [-0.1, -0.05) is 237 Å². The molecule has 0 radical (unpaired) electrons. The van der Waals surface area contributed by atoms with Crippen LogP contribution in [0.25, 0.3) is 0 Å². The van der Waals surface area contributed by atoms with Crippen LogP contribution in [-0.4, -0.2) is 70.2 Å². The zero-order valence-corrected chi connectivity index (χ0v) is 66.2. The van der Waals surface area contributed by atoms with Gasteiger partial charge in [0.25, 0.3) is 0 Å². The Labute approximate surface area is 629 Å². The molecule has 6 aromatic rings. The molecule has 16 nitrogen and oxygen atoms in total. The average molecular weight is 1450 g/mol. The third kappa shape index (κ3) is 24.6. The van der Waals surface area contributed by atoms with Crippen LogP contribution >= 0.6 is 0 Å². The number of rotatable bonds is 20. The number of benzene rings is 6. The third-order valence-electron chi connectivity index (χ3n) is 20.0. The van der Waals surface area contributed by atoms with Gasteiger partial charge in [0.05, 0.1) is 47.3 Å². The Bertz CT molecular complexity index is 3580. The second kappa shape index (κ2) is 36.1. The number of hydrogen-bond donors (Lipinski definition) is 0. The molecule has 0 aliphatic carbocycles. The van der Waals surface area contributed by atoms with Crippen molar-refractivity contribution < 1.29 is 76.9 Å². The predicted octanol–water partition coefficient (Wildman–Crippen LogP) is 19.5. The highest BCUT2D eigenvalue weighted by molar-refractivity contribution is 5.88. The van der Waals surface area contributed by atoms with Gasteiger partial charge in [0, 0.05) is 0 Å². The van der Waals surface area contributed by atoms with Crippen LogP contribution in [0.15, 0.2) is 182 Å². The fraction of sp³-hybridized carbons (Fsp3) is 0.511. The van der Waals surface area contributed by atoms with Crippen LogP contribution in [0.1, 0.15) is 246 Å². The molecule has 6 aromatic carbocycles. The summed E-state index contributed by atoms with van der Waals surface area (Å²) < 4.78 is 25.6. The van der Waals surface area contributed by atoms with E-state index in [2.05, 4.69) is 0 Å². The standard InChI is InChI=1S/C90H116O16/c1-57(59-39-27-21-28-40-59)51-71(79(93)101-89(15,16)17)75-65(61-43-31-23-32-44-61)53-67(77(91)99-87(9,10)11)69(55-73(85(3,4)5)63-47-35-25-36-48-63)81(95)103-104-82(96)70(56-74(86(6,7)8)64-49-37-26-38-50-64)68(78(92)100-88(12,13)14)54-66(62-45-33-24-34-46-62)76(84(98)106-105-83(75)97)72(80(94)102-90(18,19)20)52-58(2)60-41-29-22-30-42-60/h21-50,57-58,65-76H,51-56H2,1-20H3/t57?,58?,65?,66?,67?,68?,69-,70+,71?,72?,73+,74?,75-,76+/m0/s1. The average Bonchev–Trinajstić information content (AvgIpc) is 0.784. The van der Waals surface area contributed by atoms with Crippen molar-refractivity contribution in [3.05, 3.63) is 215 Å². The molecule has 1 fully saturated rings. The molecule has 14 atom stereocenters. The second-order valence-electron chi connectivity index (χ2n) is 35.2. The van der Waals surface area contributed by atoms with Crippen molar-refractivity contribution in [1.29, 1.82) is 0 Å². The van der Waals surface area contributed by atoms with Gasteiger partial charge in [0.2, 0.25) is 0 Å². The maximum Gasteiger partial charge on any atom is 0.360 e. The molecule has 0 saturated carbocycles. The van der Waals surface area contributed by atoms with E-state index in [0.29, 0.717) is 11.1 Å². The molecule has 0 aromatic heterocycles. The Morgan fingerprint density at radius 3 is 0.849 bits per heavy atom. The molecular formula is C90H116O16. The van der Waals surface area contributed by atoms with E-state index in [4.69, 9.17) is 38.5 Å². The Morgan fingerprint density at radius 1 is 0.349 bits per heavy atom. The molecule has 1 aliphatic rings. The lowest BCUT2D eigenvalue weighted by atomic mass is 9.66. The van der Waals surface area contributed by atoms with Crippen LogP contribution < -0.4 is 0 Å². The Balaban J connectivity index is 1.65. The summed E-state index contributed by atoms with van der Waals surface area (Å²) in [6, 6.07) is 55.2. The van der Waals surface area contributed by atoms with Crippen LogP contribution in [0, 0.1) is 58.2 Å². The molecule has 0 bridgehead atoms. The van der Waals surface area contributed by atoms with E-state index in [1.54, 1.807) is 144 Å². The second-order valence-corrected chi connectivity index (χ2v) is 35.2. The minimum Gasteiger partial charge on any atom is -0.460 e. The lowest BCUT2D eigenvalue weighted by molar-refractivity contribution is -0.271. The highest BCUT2D eigenvalue weighted by Gasteiger charge is 2.54. The zero-order chi connectivity index (χ0) is 78.3. The highest BCUT2D eigenvalue weighted by Crippen LogP contribution is 2.51. The molecule has 0 N–H and O–H groups in total. The smallest absolute Gasteiger partial charge is 0.360 e. The first-order valence-electron chi connectivity index (χ1n) is 37.6. The largest absolute Gasteiger partial charge is 0.460 e. The van der Waals surface area contributed by atoms with Crippen LogP contribution in [0.4, 0.5) is 0 Å². The molecule has 7 rings (SSSR count). The minimum atomic E-state index is -1.75. The van der Waals surface area contributed by atoms with Crippen molar-refractivity contribution in [3.8, 4) is 0 Å². The van der Waals surface area contributed by atoms with E-state index in [-0.39, 0.29) is 25.7 Å². The lowest BCUT2D eigenvalue weighted by Gasteiger charge is -2.39. The summed E-state index contributed by atoms with van der Waals surface area (Å²) in [5.74, 6) is -25.8. The van der Waals surface area contributed by atoms with Crippen molar-refractivity contribution in [1.82, 2.24) is 0 Å². The maximum absolute atomic E-state index is 16.8. The van der Waals surface area contributed by atoms with Crippen LogP contribution in [0.5, 0.6) is 0 Å². The molecule has 1 heterocycles. The van der Waals surface area contributed by atoms with Crippen molar-refractivity contribution in [2.45, 2.75) is 235 Å². The number of esters is 4. The van der Waals surface area contributed by atoms with Crippen molar-refractivity contribution in [2.24, 2.45) is 58.2 Å². The first kappa shape index (κ1) is 84.3. The fourth-order valence-corrected chi connectivity index (χ4v) is 15.0. The normalized spacial score (nSPS) is 21.8. The van der Waals surface area contributed by atoms with Gasteiger partial charge in [-0.2, -0.15) is 0 Å². The molecule has 0 spiro atoms. The van der Waals surface area contributed by atoms with Crippen LogP contribution in [0.2, 0.25) is 0 Å². The van der Waals surface area contributed by atoms with Gasteiger partial charge >= 0.3 is 47.8 Å². The van der Waals surface area contributed by atoms with Gasteiger partial charge in [0.1, 0.15) is 22.4 Å². The lowest BCUT2D eigenvalue weighted by Crippen LogP contribution is -2.45. The molecule has 572 valence electrons. The van der Waals surface area contributed by atoms with E-state index >= 15 is 38.4 Å². The molecular weight excluding hydrogens is 1340 g/mol. The van der Waals surface area contributed by atoms with Gasteiger partial charge in [-0.15, -0.1) is 0 Å². The molecule has 1 aliphatic heterocycles. The molecule has 106 heavy (non-hydrogen) atoms. The summed E-state index contributed by atoms with van der Waals surface area (Å²) in [7, 11) is 0. The third-order valence-corrected chi connectivity index (χ3v) is 20.0. The Hall–Kier alpha value is -8.92. The summed E-state index contributed by atoms with van der Waals surface area (Å²) in [5, 5.41) is 0.